The van der Waals surface area contributed by atoms with Crippen LogP contribution in [0.1, 0.15) is 33.1 Å². The third-order valence-corrected chi connectivity index (χ3v) is 2.73. The van der Waals surface area contributed by atoms with Crippen LogP contribution in [0.15, 0.2) is 4.99 Å². The Morgan fingerprint density at radius 1 is 1.44 bits per heavy atom. The molecule has 1 saturated heterocycles. The Labute approximate surface area is 97.1 Å². The van der Waals surface area contributed by atoms with Crippen LogP contribution in [0.4, 0.5) is 0 Å². The van der Waals surface area contributed by atoms with Crippen LogP contribution in [0.3, 0.4) is 0 Å². The van der Waals surface area contributed by atoms with Gasteiger partial charge in [0.1, 0.15) is 6.04 Å². The highest BCUT2D eigenvalue weighted by Crippen LogP contribution is 2.09. The smallest absolute Gasteiger partial charge is 0.244 e. The molecule has 1 unspecified atom stereocenters. The minimum atomic E-state index is -0.284. The van der Waals surface area contributed by atoms with E-state index in [0.29, 0.717) is 12.5 Å². The quantitative estimate of drug-likeness (QED) is 0.537. The molecule has 1 fully saturated rings. The number of amides is 1. The zero-order valence-electron chi connectivity index (χ0n) is 10.2. The van der Waals surface area contributed by atoms with Gasteiger partial charge >= 0.3 is 0 Å². The third-order valence-electron chi connectivity index (χ3n) is 2.73. The lowest BCUT2D eigenvalue weighted by Gasteiger charge is -2.29. The van der Waals surface area contributed by atoms with Crippen LogP contribution < -0.4 is 11.1 Å². The molecule has 16 heavy (non-hydrogen) atoms. The maximum absolute atomic E-state index is 12.0. The van der Waals surface area contributed by atoms with Gasteiger partial charge in [0, 0.05) is 19.6 Å². The maximum atomic E-state index is 12.0. The van der Waals surface area contributed by atoms with Gasteiger partial charge in [0.25, 0.3) is 0 Å². The fraction of sp³-hybridized carbons (Fsp3) is 0.818. The first-order valence-electron chi connectivity index (χ1n) is 6.00. The Morgan fingerprint density at radius 3 is 2.62 bits per heavy atom. The van der Waals surface area contributed by atoms with Crippen molar-refractivity contribution in [3.05, 3.63) is 0 Å². The van der Waals surface area contributed by atoms with Gasteiger partial charge in [0.05, 0.1) is 0 Å². The third kappa shape index (κ3) is 3.72. The molecule has 0 radical (unpaired) electrons. The summed E-state index contributed by atoms with van der Waals surface area (Å²) in [7, 11) is 0. The number of hydrogen-bond acceptors (Lipinski definition) is 2. The van der Waals surface area contributed by atoms with Crippen molar-refractivity contribution in [1.82, 2.24) is 10.2 Å². The van der Waals surface area contributed by atoms with Gasteiger partial charge in [-0.2, -0.15) is 0 Å². The van der Waals surface area contributed by atoms with Crippen molar-refractivity contribution in [2.45, 2.75) is 39.2 Å². The number of likely N-dealkylation sites (tertiary alicyclic amines) is 1. The molecule has 5 heteroatoms. The van der Waals surface area contributed by atoms with Crippen LogP contribution in [0, 0.1) is 0 Å². The Kier molecular flexibility index (Phi) is 5.08. The number of carbonyl (C=O) groups excluding carboxylic acids is 1. The highest BCUT2D eigenvalue weighted by atomic mass is 16.2. The van der Waals surface area contributed by atoms with Crippen molar-refractivity contribution in [1.29, 1.82) is 0 Å². The van der Waals surface area contributed by atoms with Crippen LogP contribution in [0.25, 0.3) is 0 Å². The van der Waals surface area contributed by atoms with Gasteiger partial charge in [0.15, 0.2) is 5.96 Å². The maximum Gasteiger partial charge on any atom is 0.244 e. The Balaban J connectivity index is 2.43. The summed E-state index contributed by atoms with van der Waals surface area (Å²) in [5, 5.41) is 2.91. The van der Waals surface area contributed by atoms with Crippen LogP contribution in [-0.4, -0.2) is 42.4 Å². The molecule has 0 saturated carbocycles. The van der Waals surface area contributed by atoms with Crippen molar-refractivity contribution in [2.24, 2.45) is 10.7 Å². The lowest BCUT2D eigenvalue weighted by atomic mass is 10.1. The molecule has 1 aliphatic rings. The van der Waals surface area contributed by atoms with Gasteiger partial charge in [-0.25, -0.2) is 0 Å². The zero-order valence-corrected chi connectivity index (χ0v) is 10.2. The second-order valence-corrected chi connectivity index (χ2v) is 4.11. The van der Waals surface area contributed by atoms with Crippen LogP contribution in [0.5, 0.6) is 0 Å². The van der Waals surface area contributed by atoms with Gasteiger partial charge in [-0.1, -0.05) is 0 Å². The second kappa shape index (κ2) is 6.35. The number of rotatable bonds is 3. The Bertz CT molecular complexity index is 259. The molecule has 0 aromatic heterocycles. The number of nitrogens with two attached hydrogens (primary N) is 1. The molecule has 0 spiro atoms. The fourth-order valence-corrected chi connectivity index (χ4v) is 1.89. The fourth-order valence-electron chi connectivity index (χ4n) is 1.89. The number of nitrogens with zero attached hydrogens (tertiary/aromatic N) is 2. The molecule has 1 aliphatic heterocycles. The van der Waals surface area contributed by atoms with Crippen LogP contribution in [-0.2, 0) is 4.79 Å². The van der Waals surface area contributed by atoms with E-state index in [4.69, 9.17) is 5.73 Å². The van der Waals surface area contributed by atoms with E-state index in [1.165, 1.54) is 6.42 Å². The summed E-state index contributed by atoms with van der Waals surface area (Å²) >= 11 is 0. The van der Waals surface area contributed by atoms with E-state index in [0.717, 1.165) is 25.9 Å². The molecule has 1 atom stereocenters. The van der Waals surface area contributed by atoms with Crippen molar-refractivity contribution in [3.8, 4) is 0 Å². The van der Waals surface area contributed by atoms with Gasteiger partial charge in [-0.3, -0.25) is 9.79 Å². The molecule has 1 rings (SSSR count). The van der Waals surface area contributed by atoms with E-state index in [9.17, 15) is 4.79 Å². The highest BCUT2D eigenvalue weighted by molar-refractivity contribution is 5.88. The molecule has 0 aliphatic carbocycles. The Morgan fingerprint density at radius 2 is 2.06 bits per heavy atom. The standard InChI is InChI=1S/C11H22N4O/c1-3-13-11(12)14-9(2)10(16)15-7-5-4-6-8-15/h9H,3-8H2,1-2H3,(H3,12,13,14). The monoisotopic (exact) mass is 226 g/mol. The number of nitrogens with one attached hydrogen (secondary N) is 1. The summed E-state index contributed by atoms with van der Waals surface area (Å²) < 4.78 is 0. The second-order valence-electron chi connectivity index (χ2n) is 4.11. The lowest BCUT2D eigenvalue weighted by molar-refractivity contribution is -0.133. The predicted octanol–water partition coefficient (Wildman–Crippen LogP) is 0.312. The average molecular weight is 226 g/mol. The van der Waals surface area contributed by atoms with Gasteiger partial charge < -0.3 is 16.0 Å². The first-order chi connectivity index (χ1) is 7.65. The summed E-state index contributed by atoms with van der Waals surface area (Å²) in [6.07, 6.45) is 3.44. The van der Waals surface area contributed by atoms with Gasteiger partial charge in [-0.05, 0) is 33.1 Å². The summed E-state index contributed by atoms with van der Waals surface area (Å²) in [6.45, 7) is 6.11. The number of carbonyl (C=O) groups is 1. The molecule has 3 N–H and O–H groups in total. The SMILES string of the molecule is CCN=C(N)NC(C)C(=O)N1CCCCC1. The van der Waals surface area contributed by atoms with Crippen molar-refractivity contribution >= 4 is 11.9 Å². The van der Waals surface area contributed by atoms with Crippen molar-refractivity contribution < 1.29 is 4.79 Å². The molecule has 0 aromatic rings. The first-order valence-corrected chi connectivity index (χ1v) is 6.00. The van der Waals surface area contributed by atoms with E-state index < -0.39 is 0 Å². The summed E-state index contributed by atoms with van der Waals surface area (Å²) in [5.74, 6) is 0.467. The molecule has 5 nitrogen and oxygen atoms in total. The minimum Gasteiger partial charge on any atom is -0.370 e. The van der Waals surface area contributed by atoms with Crippen LogP contribution >= 0.6 is 0 Å². The lowest BCUT2D eigenvalue weighted by Crippen LogP contribution is -2.50. The molecule has 0 bridgehead atoms. The topological polar surface area (TPSA) is 70.7 Å². The highest BCUT2D eigenvalue weighted by Gasteiger charge is 2.22. The predicted molar refractivity (Wildman–Crippen MR) is 65.2 cm³/mol. The molecule has 92 valence electrons. The minimum absolute atomic E-state index is 0.119. The van der Waals surface area contributed by atoms with E-state index in [2.05, 4.69) is 10.3 Å². The van der Waals surface area contributed by atoms with E-state index in [1.54, 1.807) is 0 Å². The number of hydrogen-bond donors (Lipinski definition) is 2. The van der Waals surface area contributed by atoms with E-state index >= 15 is 0 Å². The van der Waals surface area contributed by atoms with Gasteiger partial charge in [0.2, 0.25) is 5.91 Å². The largest absolute Gasteiger partial charge is 0.370 e. The number of guanidine groups is 1. The summed E-state index contributed by atoms with van der Waals surface area (Å²) in [4.78, 5) is 17.9. The summed E-state index contributed by atoms with van der Waals surface area (Å²) in [6, 6.07) is -0.284. The summed E-state index contributed by atoms with van der Waals surface area (Å²) in [5.41, 5.74) is 5.62. The van der Waals surface area contributed by atoms with Gasteiger partial charge in [-0.15, -0.1) is 0 Å². The normalized spacial score (nSPS) is 19.4. The zero-order chi connectivity index (χ0) is 12.0. The van der Waals surface area contributed by atoms with E-state index in [-0.39, 0.29) is 11.9 Å². The van der Waals surface area contributed by atoms with E-state index in [1.807, 2.05) is 18.7 Å². The Hall–Kier alpha value is -1.26. The molecule has 1 amide bonds. The molecular weight excluding hydrogens is 204 g/mol. The number of aliphatic imine (C=N–C) groups is 1. The first kappa shape index (κ1) is 12.8. The van der Waals surface area contributed by atoms with Crippen LogP contribution in [0.2, 0.25) is 0 Å². The molecule has 0 aromatic carbocycles. The molecular formula is C11H22N4O. The van der Waals surface area contributed by atoms with Crippen molar-refractivity contribution in [2.75, 3.05) is 19.6 Å². The van der Waals surface area contributed by atoms with Crippen molar-refractivity contribution in [3.63, 3.8) is 0 Å². The average Bonchev–Trinajstić information content (AvgIpc) is 2.29. The number of piperidine rings is 1. The molecule has 1 heterocycles.